The molecule has 1 saturated heterocycles. The fraction of sp³-hybridized carbons (Fsp3) is 0.615. The lowest BCUT2D eigenvalue weighted by Gasteiger charge is -2.27. The number of carbonyl (C=O) groups excluding carboxylic acids is 2. The second kappa shape index (κ2) is 9.27. The number of aromatic nitrogens is 3. The molecular weight excluding hydrogens is 414 g/mol. The molecule has 5 rings (SSSR count). The minimum atomic E-state index is -0.0853. The summed E-state index contributed by atoms with van der Waals surface area (Å²) >= 11 is 0. The molecule has 1 atom stereocenters. The van der Waals surface area contributed by atoms with E-state index in [-0.39, 0.29) is 23.3 Å². The third-order valence-corrected chi connectivity index (χ3v) is 7.98. The number of aryl methyl sites for hydroxylation is 2. The molecule has 1 spiro atoms. The van der Waals surface area contributed by atoms with Gasteiger partial charge >= 0.3 is 0 Å². The Morgan fingerprint density at radius 3 is 2.58 bits per heavy atom. The summed E-state index contributed by atoms with van der Waals surface area (Å²) in [5.41, 5.74) is 2.40. The van der Waals surface area contributed by atoms with Crippen LogP contribution in [-0.2, 0) is 24.2 Å². The third-order valence-electron chi connectivity index (χ3n) is 7.98. The summed E-state index contributed by atoms with van der Waals surface area (Å²) in [7, 11) is 0. The third kappa shape index (κ3) is 4.82. The second-order valence-electron chi connectivity index (χ2n) is 10.4. The first-order valence-electron chi connectivity index (χ1n) is 12.6. The van der Waals surface area contributed by atoms with Gasteiger partial charge in [0, 0.05) is 32.1 Å². The van der Waals surface area contributed by atoms with Crippen LogP contribution in [0, 0.1) is 12.3 Å². The molecule has 3 heterocycles. The normalized spacial score (nSPS) is 23.4. The van der Waals surface area contributed by atoms with E-state index < -0.39 is 0 Å². The molecule has 7 heteroatoms. The average molecular weight is 450 g/mol. The molecule has 2 amide bonds. The highest BCUT2D eigenvalue weighted by Crippen LogP contribution is 2.41. The van der Waals surface area contributed by atoms with E-state index in [1.54, 1.807) is 0 Å². The van der Waals surface area contributed by atoms with Crippen molar-refractivity contribution in [2.24, 2.45) is 5.41 Å². The van der Waals surface area contributed by atoms with Crippen molar-refractivity contribution in [1.82, 2.24) is 25.0 Å². The number of carbonyl (C=O) groups is 2. The lowest BCUT2D eigenvalue weighted by atomic mass is 9.80. The van der Waals surface area contributed by atoms with E-state index in [0.29, 0.717) is 12.2 Å². The van der Waals surface area contributed by atoms with Gasteiger partial charge in [-0.15, -0.1) is 10.2 Å². The number of likely N-dealkylation sites (tertiary alicyclic amines) is 1. The highest BCUT2D eigenvalue weighted by atomic mass is 16.2. The summed E-state index contributed by atoms with van der Waals surface area (Å²) < 4.78 is 2.03. The molecule has 1 aromatic heterocycles. The maximum absolute atomic E-state index is 13.0. The van der Waals surface area contributed by atoms with Crippen molar-refractivity contribution in [3.8, 4) is 0 Å². The Kier molecular flexibility index (Phi) is 6.21. The van der Waals surface area contributed by atoms with Gasteiger partial charge in [0.2, 0.25) is 11.7 Å². The van der Waals surface area contributed by atoms with Gasteiger partial charge in [-0.1, -0.05) is 49.1 Å². The molecule has 7 nitrogen and oxygen atoms in total. The van der Waals surface area contributed by atoms with Gasteiger partial charge in [-0.05, 0) is 50.0 Å². The van der Waals surface area contributed by atoms with Crippen LogP contribution in [0.1, 0.15) is 78.9 Å². The molecule has 3 aliphatic rings. The zero-order valence-electron chi connectivity index (χ0n) is 19.7. The van der Waals surface area contributed by atoms with Crippen LogP contribution in [0.3, 0.4) is 0 Å². The minimum Gasteiger partial charge on any atom is -0.347 e. The van der Waals surface area contributed by atoms with Gasteiger partial charge in [0.25, 0.3) is 5.91 Å². The number of amides is 2. The van der Waals surface area contributed by atoms with Gasteiger partial charge in [0.15, 0.2) is 0 Å². The molecule has 0 radical (unpaired) electrons. The highest BCUT2D eigenvalue weighted by molar-refractivity contribution is 5.91. The van der Waals surface area contributed by atoms with Gasteiger partial charge < -0.3 is 14.8 Å². The van der Waals surface area contributed by atoms with E-state index in [1.807, 2.05) is 9.47 Å². The van der Waals surface area contributed by atoms with Crippen molar-refractivity contribution in [2.75, 3.05) is 13.1 Å². The van der Waals surface area contributed by atoms with Crippen molar-refractivity contribution < 1.29 is 9.59 Å². The Morgan fingerprint density at radius 1 is 1.03 bits per heavy atom. The molecule has 2 fully saturated rings. The summed E-state index contributed by atoms with van der Waals surface area (Å²) in [5.74, 6) is 1.49. The fourth-order valence-corrected chi connectivity index (χ4v) is 5.82. The Morgan fingerprint density at radius 2 is 1.79 bits per heavy atom. The number of nitrogens with zero attached hydrogens (tertiary/aromatic N) is 4. The van der Waals surface area contributed by atoms with E-state index in [0.717, 1.165) is 69.5 Å². The van der Waals surface area contributed by atoms with E-state index in [4.69, 9.17) is 0 Å². The molecule has 0 unspecified atom stereocenters. The maximum atomic E-state index is 13.0. The fourth-order valence-electron chi connectivity index (χ4n) is 5.82. The Hall–Kier alpha value is -2.70. The van der Waals surface area contributed by atoms with Gasteiger partial charge in [0.05, 0.1) is 6.42 Å². The molecule has 1 aromatic carbocycles. The first-order valence-corrected chi connectivity index (χ1v) is 12.6. The van der Waals surface area contributed by atoms with Gasteiger partial charge in [-0.2, -0.15) is 0 Å². The molecule has 33 heavy (non-hydrogen) atoms. The van der Waals surface area contributed by atoms with Crippen molar-refractivity contribution in [3.63, 3.8) is 0 Å². The van der Waals surface area contributed by atoms with Crippen molar-refractivity contribution in [1.29, 1.82) is 0 Å². The predicted molar refractivity (Wildman–Crippen MR) is 126 cm³/mol. The number of nitrogens with one attached hydrogen (secondary N) is 1. The van der Waals surface area contributed by atoms with Crippen LogP contribution in [0.5, 0.6) is 0 Å². The molecule has 2 aromatic rings. The van der Waals surface area contributed by atoms with Crippen LogP contribution in [0.15, 0.2) is 24.3 Å². The first-order chi connectivity index (χ1) is 16.0. The van der Waals surface area contributed by atoms with Crippen molar-refractivity contribution >= 4 is 11.8 Å². The summed E-state index contributed by atoms with van der Waals surface area (Å²) in [4.78, 5) is 27.9. The topological polar surface area (TPSA) is 80.1 Å². The summed E-state index contributed by atoms with van der Waals surface area (Å²) in [5, 5.41) is 11.8. The molecular formula is C26H35N5O2. The number of hydrogen-bond donors (Lipinski definition) is 1. The monoisotopic (exact) mass is 449 g/mol. The molecule has 1 N–H and O–H groups in total. The minimum absolute atomic E-state index is 0.0853. The number of benzene rings is 1. The molecule has 2 aliphatic heterocycles. The summed E-state index contributed by atoms with van der Waals surface area (Å²) in [6.07, 6.45) is 9.99. The Balaban J connectivity index is 1.21. The van der Waals surface area contributed by atoms with Crippen LogP contribution in [-0.4, -0.2) is 50.6 Å². The van der Waals surface area contributed by atoms with Crippen LogP contribution >= 0.6 is 0 Å². The zero-order valence-corrected chi connectivity index (χ0v) is 19.7. The van der Waals surface area contributed by atoms with Crippen LogP contribution in [0.25, 0.3) is 0 Å². The second-order valence-corrected chi connectivity index (χ2v) is 10.4. The zero-order chi connectivity index (χ0) is 22.8. The number of fused-ring (bicyclic) bond motifs is 1. The summed E-state index contributed by atoms with van der Waals surface area (Å²) in [6, 6.07) is 8.50. The highest BCUT2D eigenvalue weighted by Gasteiger charge is 2.41. The van der Waals surface area contributed by atoms with Gasteiger partial charge in [-0.3, -0.25) is 9.59 Å². The van der Waals surface area contributed by atoms with Crippen LogP contribution in [0.2, 0.25) is 0 Å². The summed E-state index contributed by atoms with van der Waals surface area (Å²) in [6.45, 7) is 4.43. The molecule has 1 aliphatic carbocycles. The van der Waals surface area contributed by atoms with E-state index >= 15 is 0 Å². The van der Waals surface area contributed by atoms with Gasteiger partial charge in [-0.25, -0.2) is 0 Å². The Labute approximate surface area is 195 Å². The number of hydrogen-bond acceptors (Lipinski definition) is 4. The maximum Gasteiger partial charge on any atom is 0.289 e. The van der Waals surface area contributed by atoms with Crippen LogP contribution < -0.4 is 5.32 Å². The molecule has 1 saturated carbocycles. The van der Waals surface area contributed by atoms with E-state index in [1.165, 1.54) is 24.8 Å². The predicted octanol–water partition coefficient (Wildman–Crippen LogP) is 3.45. The van der Waals surface area contributed by atoms with Crippen LogP contribution in [0.4, 0.5) is 0 Å². The van der Waals surface area contributed by atoms with E-state index in [9.17, 15) is 9.59 Å². The van der Waals surface area contributed by atoms with Crippen molar-refractivity contribution in [3.05, 3.63) is 47.0 Å². The molecule has 0 bridgehead atoms. The van der Waals surface area contributed by atoms with E-state index in [2.05, 4.69) is 46.7 Å². The first kappa shape index (κ1) is 22.1. The Bertz CT molecular complexity index is 1010. The number of rotatable bonds is 4. The van der Waals surface area contributed by atoms with Gasteiger partial charge in [0.1, 0.15) is 5.82 Å². The SMILES string of the molecule is Cc1ccc(CC(=O)N2CC[C@@]3(CCc4nnc(C(=O)NC5CCCCC5)n4CC3)C2)cc1. The lowest BCUT2D eigenvalue weighted by molar-refractivity contribution is -0.129. The standard InChI is InChI=1S/C26H35N5O2/c1-19-7-9-20(10-8-19)17-23(32)30-15-13-26(18-30)12-11-22-28-29-24(31(22)16-14-26)25(33)27-21-5-3-2-4-6-21/h7-10,21H,2-6,11-18H2,1H3,(H,27,33)/t26-/m1/s1. The van der Waals surface area contributed by atoms with Crippen molar-refractivity contribution in [2.45, 2.75) is 83.7 Å². The average Bonchev–Trinajstić information content (AvgIpc) is 3.39. The smallest absolute Gasteiger partial charge is 0.289 e. The lowest BCUT2D eigenvalue weighted by Crippen LogP contribution is -2.37. The quantitative estimate of drug-likeness (QED) is 0.775. The molecule has 176 valence electrons. The largest absolute Gasteiger partial charge is 0.347 e.